The van der Waals surface area contributed by atoms with Gasteiger partial charge >= 0.3 is 5.97 Å². The molecule has 0 radical (unpaired) electrons. The average Bonchev–Trinajstić information content (AvgIpc) is 2.54. The molecule has 1 heterocycles. The third-order valence-electron chi connectivity index (χ3n) is 3.84. The molecule has 0 saturated carbocycles. The molecule has 1 aliphatic heterocycles. The first-order valence-electron chi connectivity index (χ1n) is 8.01. The fourth-order valence-corrected chi connectivity index (χ4v) is 2.81. The van der Waals surface area contributed by atoms with Crippen LogP contribution in [0.4, 0.5) is 0 Å². The largest absolute Gasteiger partial charge is 0.484 e. The summed E-state index contributed by atoms with van der Waals surface area (Å²) in [6, 6.07) is 7.33. The highest BCUT2D eigenvalue weighted by Crippen LogP contribution is 2.22. The Kier molecular flexibility index (Phi) is 6.40. The second kappa shape index (κ2) is 8.53. The van der Waals surface area contributed by atoms with E-state index in [0.717, 1.165) is 31.4 Å². The summed E-state index contributed by atoms with van der Waals surface area (Å²) in [5.41, 5.74) is 6.11. The number of carbonyl (C=O) groups is 2. The van der Waals surface area contributed by atoms with Crippen molar-refractivity contribution in [2.45, 2.75) is 38.8 Å². The number of rotatable bonds is 7. The Morgan fingerprint density at radius 1 is 1.35 bits per heavy atom. The summed E-state index contributed by atoms with van der Waals surface area (Å²) in [5.74, 6) is -0.0480. The van der Waals surface area contributed by atoms with Crippen LogP contribution >= 0.6 is 0 Å². The van der Waals surface area contributed by atoms with Gasteiger partial charge in [0, 0.05) is 6.54 Å². The molecule has 0 aliphatic carbocycles. The molecular weight excluding hydrogens is 296 g/mol. The van der Waals surface area contributed by atoms with Crippen LogP contribution in [0.1, 0.15) is 31.7 Å². The summed E-state index contributed by atoms with van der Waals surface area (Å²) in [4.78, 5) is 25.0. The molecule has 126 valence electrons. The summed E-state index contributed by atoms with van der Waals surface area (Å²) < 4.78 is 10.5. The highest BCUT2D eigenvalue weighted by atomic mass is 16.5. The minimum absolute atomic E-state index is 0.140. The van der Waals surface area contributed by atoms with E-state index in [9.17, 15) is 9.59 Å². The fraction of sp³-hybridized carbons (Fsp3) is 0.529. The molecular formula is C17H24N2O4. The second-order valence-corrected chi connectivity index (χ2v) is 5.64. The number of amides is 1. The lowest BCUT2D eigenvalue weighted by Gasteiger charge is -2.34. The first-order valence-corrected chi connectivity index (χ1v) is 8.01. The van der Waals surface area contributed by atoms with Gasteiger partial charge in [0.05, 0.1) is 6.61 Å². The Labute approximate surface area is 136 Å². The highest BCUT2D eigenvalue weighted by Gasteiger charge is 2.29. The first kappa shape index (κ1) is 17.3. The van der Waals surface area contributed by atoms with Gasteiger partial charge < -0.3 is 15.2 Å². The van der Waals surface area contributed by atoms with Crippen LogP contribution in [0.15, 0.2) is 24.3 Å². The van der Waals surface area contributed by atoms with E-state index in [1.165, 1.54) is 0 Å². The van der Waals surface area contributed by atoms with Crippen LogP contribution in [0.5, 0.6) is 5.75 Å². The molecule has 2 N–H and O–H groups in total. The molecule has 1 atom stereocenters. The third kappa shape index (κ3) is 5.25. The molecule has 1 amide bonds. The van der Waals surface area contributed by atoms with Crippen LogP contribution in [-0.4, -0.2) is 42.6 Å². The molecule has 6 nitrogen and oxygen atoms in total. The zero-order valence-corrected chi connectivity index (χ0v) is 13.5. The number of likely N-dealkylation sites (tertiary alicyclic amines) is 1. The molecule has 1 saturated heterocycles. The van der Waals surface area contributed by atoms with Crippen molar-refractivity contribution in [2.75, 3.05) is 19.8 Å². The summed E-state index contributed by atoms with van der Waals surface area (Å²) in [5, 5.41) is 0. The van der Waals surface area contributed by atoms with Crippen LogP contribution in [0.2, 0.25) is 0 Å². The smallest absolute Gasteiger partial charge is 0.323 e. The molecule has 1 fully saturated rings. The predicted molar refractivity (Wildman–Crippen MR) is 85.8 cm³/mol. The second-order valence-electron chi connectivity index (χ2n) is 5.64. The van der Waals surface area contributed by atoms with Gasteiger partial charge in [-0.1, -0.05) is 18.6 Å². The van der Waals surface area contributed by atoms with Gasteiger partial charge in [0.25, 0.3) is 5.91 Å². The van der Waals surface area contributed by atoms with Crippen molar-refractivity contribution in [2.24, 2.45) is 5.73 Å². The number of benzene rings is 1. The highest BCUT2D eigenvalue weighted by molar-refractivity contribution is 5.76. The standard InChI is InChI=1S/C17H24N2O4/c1-2-22-17(21)15-8-3-4-9-19(15)11-13-6-5-7-14(10-13)23-12-16(18)20/h5-7,10,15H,2-4,8-9,11-12H2,1H3,(H2,18,20). The van der Waals surface area contributed by atoms with E-state index >= 15 is 0 Å². The maximum absolute atomic E-state index is 12.1. The van der Waals surface area contributed by atoms with Crippen LogP contribution in [0, 0.1) is 0 Å². The first-order chi connectivity index (χ1) is 11.1. The van der Waals surface area contributed by atoms with E-state index in [4.69, 9.17) is 15.2 Å². The molecule has 0 aromatic heterocycles. The lowest BCUT2D eigenvalue weighted by molar-refractivity contribution is -0.151. The predicted octanol–water partition coefficient (Wildman–Crippen LogP) is 1.47. The van der Waals surface area contributed by atoms with Gasteiger partial charge in [-0.3, -0.25) is 14.5 Å². The SMILES string of the molecule is CCOC(=O)C1CCCCN1Cc1cccc(OCC(N)=O)c1. The van der Waals surface area contributed by atoms with Crippen molar-refractivity contribution >= 4 is 11.9 Å². The maximum atomic E-state index is 12.1. The molecule has 1 aromatic carbocycles. The third-order valence-corrected chi connectivity index (χ3v) is 3.84. The van der Waals surface area contributed by atoms with E-state index in [1.54, 1.807) is 6.07 Å². The van der Waals surface area contributed by atoms with Crippen molar-refractivity contribution in [3.8, 4) is 5.75 Å². The Balaban J connectivity index is 2.02. The van der Waals surface area contributed by atoms with Crippen molar-refractivity contribution in [1.29, 1.82) is 0 Å². The van der Waals surface area contributed by atoms with E-state index in [0.29, 0.717) is 18.9 Å². The normalized spacial score (nSPS) is 18.4. The molecule has 23 heavy (non-hydrogen) atoms. The Hall–Kier alpha value is -2.08. The lowest BCUT2D eigenvalue weighted by Crippen LogP contribution is -2.44. The number of hydrogen-bond acceptors (Lipinski definition) is 5. The van der Waals surface area contributed by atoms with Crippen molar-refractivity contribution in [3.63, 3.8) is 0 Å². The zero-order valence-electron chi connectivity index (χ0n) is 13.5. The average molecular weight is 320 g/mol. The Morgan fingerprint density at radius 2 is 2.17 bits per heavy atom. The van der Waals surface area contributed by atoms with E-state index in [-0.39, 0.29) is 18.6 Å². The van der Waals surface area contributed by atoms with Gasteiger partial charge in [0.1, 0.15) is 11.8 Å². The van der Waals surface area contributed by atoms with Crippen molar-refractivity contribution in [1.82, 2.24) is 4.90 Å². The van der Waals surface area contributed by atoms with E-state index in [1.807, 2.05) is 25.1 Å². The van der Waals surface area contributed by atoms with Gasteiger partial charge in [0.2, 0.25) is 0 Å². The van der Waals surface area contributed by atoms with Crippen LogP contribution < -0.4 is 10.5 Å². The van der Waals surface area contributed by atoms with Gasteiger partial charge in [0.15, 0.2) is 6.61 Å². The molecule has 1 aliphatic rings. The molecule has 1 unspecified atom stereocenters. The lowest BCUT2D eigenvalue weighted by atomic mass is 10.0. The fourth-order valence-electron chi connectivity index (χ4n) is 2.81. The van der Waals surface area contributed by atoms with Gasteiger partial charge in [-0.05, 0) is 44.0 Å². The minimum atomic E-state index is -0.506. The number of nitrogens with two attached hydrogens (primary N) is 1. The molecule has 6 heteroatoms. The van der Waals surface area contributed by atoms with E-state index < -0.39 is 5.91 Å². The summed E-state index contributed by atoms with van der Waals surface area (Å²) in [7, 11) is 0. The molecule has 1 aromatic rings. The van der Waals surface area contributed by atoms with Gasteiger partial charge in [-0.2, -0.15) is 0 Å². The van der Waals surface area contributed by atoms with Gasteiger partial charge in [-0.25, -0.2) is 0 Å². The number of esters is 1. The number of nitrogens with zero attached hydrogens (tertiary/aromatic N) is 1. The summed E-state index contributed by atoms with van der Waals surface area (Å²) >= 11 is 0. The quantitative estimate of drug-likeness (QED) is 0.769. The van der Waals surface area contributed by atoms with Gasteiger partial charge in [-0.15, -0.1) is 0 Å². The number of carbonyl (C=O) groups excluding carboxylic acids is 2. The molecule has 2 rings (SSSR count). The monoisotopic (exact) mass is 320 g/mol. The zero-order chi connectivity index (χ0) is 16.7. The number of hydrogen-bond donors (Lipinski definition) is 1. The number of primary amides is 1. The molecule has 0 spiro atoms. The van der Waals surface area contributed by atoms with Crippen LogP contribution in [0.25, 0.3) is 0 Å². The van der Waals surface area contributed by atoms with Crippen molar-refractivity contribution < 1.29 is 19.1 Å². The topological polar surface area (TPSA) is 81.9 Å². The molecule has 0 bridgehead atoms. The Morgan fingerprint density at radius 3 is 2.91 bits per heavy atom. The van der Waals surface area contributed by atoms with Crippen molar-refractivity contribution in [3.05, 3.63) is 29.8 Å². The Bertz CT molecular complexity index is 547. The van der Waals surface area contributed by atoms with Crippen LogP contribution in [-0.2, 0) is 20.9 Å². The minimum Gasteiger partial charge on any atom is -0.484 e. The number of piperidine rings is 1. The van der Waals surface area contributed by atoms with Crippen LogP contribution in [0.3, 0.4) is 0 Å². The number of ether oxygens (including phenoxy) is 2. The maximum Gasteiger partial charge on any atom is 0.323 e. The van der Waals surface area contributed by atoms with E-state index in [2.05, 4.69) is 4.90 Å². The summed E-state index contributed by atoms with van der Waals surface area (Å²) in [6.45, 7) is 3.61. The summed E-state index contributed by atoms with van der Waals surface area (Å²) in [6.07, 6.45) is 2.95.